The minimum absolute atomic E-state index is 0.204. The minimum Gasteiger partial charge on any atom is -0.374 e. The molecule has 0 radical (unpaired) electrons. The summed E-state index contributed by atoms with van der Waals surface area (Å²) in [6, 6.07) is 0.214. The van der Waals surface area contributed by atoms with Gasteiger partial charge in [0.15, 0.2) is 0 Å². The highest BCUT2D eigenvalue weighted by molar-refractivity contribution is 6.31. The molecule has 1 N–H and O–H groups in total. The number of halogens is 1. The van der Waals surface area contributed by atoms with Crippen LogP contribution in [0.2, 0.25) is 5.02 Å². The fourth-order valence-corrected chi connectivity index (χ4v) is 3.00. The fourth-order valence-electron chi connectivity index (χ4n) is 2.79. The Labute approximate surface area is 134 Å². The van der Waals surface area contributed by atoms with E-state index in [4.69, 9.17) is 16.3 Å². The molecule has 21 heavy (non-hydrogen) atoms. The fraction of sp³-hybridized carbons (Fsp3) is 0.812. The number of likely N-dealkylation sites (N-methyl/N-ethyl adjacent to an activating group) is 1. The average Bonchev–Trinajstić information content (AvgIpc) is 2.74. The van der Waals surface area contributed by atoms with Crippen molar-refractivity contribution in [1.29, 1.82) is 0 Å². The van der Waals surface area contributed by atoms with E-state index < -0.39 is 0 Å². The molecule has 0 aliphatic carbocycles. The second-order valence-electron chi connectivity index (χ2n) is 5.58. The zero-order chi connectivity index (χ0) is 16.0. The monoisotopic (exact) mass is 315 g/mol. The number of aromatic nitrogens is 2. The molecule has 0 aromatic carbocycles. The molecule has 0 aliphatic rings. The lowest BCUT2D eigenvalue weighted by Gasteiger charge is -2.37. The number of hydrogen-bond acceptors (Lipinski definition) is 3. The van der Waals surface area contributed by atoms with Crippen LogP contribution in [0.1, 0.15) is 52.4 Å². The first-order valence-electron chi connectivity index (χ1n) is 8.02. The van der Waals surface area contributed by atoms with Crippen molar-refractivity contribution < 1.29 is 4.74 Å². The first kappa shape index (κ1) is 18.5. The summed E-state index contributed by atoms with van der Waals surface area (Å²) in [6.45, 7) is 15.0. The van der Waals surface area contributed by atoms with E-state index in [0.29, 0.717) is 6.61 Å². The number of nitrogens with one attached hydrogen (secondary N) is 1. The van der Waals surface area contributed by atoms with E-state index in [0.717, 1.165) is 42.3 Å². The standard InChI is InChI=1S/C16H30ClN3O/c1-7-16(6,21-10-4)14(18-8-2)11-13-15(17)12(5)19-20(13)9-3/h14,18H,7-11H2,1-6H3. The van der Waals surface area contributed by atoms with Gasteiger partial charge in [-0.25, -0.2) is 0 Å². The molecule has 0 saturated carbocycles. The van der Waals surface area contributed by atoms with Gasteiger partial charge >= 0.3 is 0 Å². The molecule has 5 heteroatoms. The largest absolute Gasteiger partial charge is 0.374 e. The normalized spacial score (nSPS) is 16.0. The Morgan fingerprint density at radius 3 is 2.48 bits per heavy atom. The van der Waals surface area contributed by atoms with E-state index in [1.54, 1.807) is 0 Å². The van der Waals surface area contributed by atoms with Crippen LogP contribution in [-0.4, -0.2) is 34.6 Å². The predicted octanol–water partition coefficient (Wildman–Crippen LogP) is 3.59. The quantitative estimate of drug-likeness (QED) is 0.757. The number of aryl methyl sites for hydroxylation is 2. The highest BCUT2D eigenvalue weighted by atomic mass is 35.5. The van der Waals surface area contributed by atoms with Crippen LogP contribution in [0.15, 0.2) is 0 Å². The van der Waals surface area contributed by atoms with E-state index in [1.807, 2.05) is 18.5 Å². The van der Waals surface area contributed by atoms with Crippen LogP contribution in [0.5, 0.6) is 0 Å². The molecule has 2 unspecified atom stereocenters. The van der Waals surface area contributed by atoms with Crippen molar-refractivity contribution in [2.24, 2.45) is 0 Å². The lowest BCUT2D eigenvalue weighted by atomic mass is 9.89. The van der Waals surface area contributed by atoms with Crippen LogP contribution in [0, 0.1) is 6.92 Å². The SMILES string of the molecule is CCNC(Cc1c(Cl)c(C)nn1CC)C(C)(CC)OCC. The van der Waals surface area contributed by atoms with Crippen molar-refractivity contribution in [3.8, 4) is 0 Å². The van der Waals surface area contributed by atoms with Gasteiger partial charge in [-0.2, -0.15) is 5.10 Å². The molecule has 0 saturated heterocycles. The number of ether oxygens (including phenoxy) is 1. The Balaban J connectivity index is 3.08. The Kier molecular flexibility index (Phi) is 7.17. The van der Waals surface area contributed by atoms with Crippen molar-refractivity contribution in [2.45, 2.75) is 72.6 Å². The van der Waals surface area contributed by atoms with Gasteiger partial charge in [-0.1, -0.05) is 25.4 Å². The number of hydrogen-bond donors (Lipinski definition) is 1. The number of rotatable bonds is 9. The van der Waals surface area contributed by atoms with Crippen molar-refractivity contribution in [3.63, 3.8) is 0 Å². The summed E-state index contributed by atoms with van der Waals surface area (Å²) in [5, 5.41) is 8.87. The van der Waals surface area contributed by atoms with Crippen LogP contribution in [0.4, 0.5) is 0 Å². The van der Waals surface area contributed by atoms with Gasteiger partial charge in [0.1, 0.15) is 0 Å². The van der Waals surface area contributed by atoms with E-state index >= 15 is 0 Å². The van der Waals surface area contributed by atoms with Crippen LogP contribution in [0.3, 0.4) is 0 Å². The van der Waals surface area contributed by atoms with Gasteiger partial charge in [0.25, 0.3) is 0 Å². The van der Waals surface area contributed by atoms with Gasteiger partial charge in [0, 0.05) is 25.6 Å². The van der Waals surface area contributed by atoms with Crippen LogP contribution < -0.4 is 5.32 Å². The second-order valence-corrected chi connectivity index (χ2v) is 5.95. The molecular formula is C16H30ClN3O. The summed E-state index contributed by atoms with van der Waals surface area (Å²) in [4.78, 5) is 0. The molecule has 0 fully saturated rings. The van der Waals surface area contributed by atoms with Crippen molar-refractivity contribution in [3.05, 3.63) is 16.4 Å². The van der Waals surface area contributed by atoms with Crippen LogP contribution >= 0.6 is 11.6 Å². The van der Waals surface area contributed by atoms with Crippen molar-refractivity contribution in [1.82, 2.24) is 15.1 Å². The van der Waals surface area contributed by atoms with Gasteiger partial charge in [-0.05, 0) is 40.7 Å². The Bertz CT molecular complexity index is 447. The molecule has 1 aromatic heterocycles. The highest BCUT2D eigenvalue weighted by Crippen LogP contribution is 2.27. The lowest BCUT2D eigenvalue weighted by Crippen LogP contribution is -2.52. The molecule has 0 aliphatic heterocycles. The topological polar surface area (TPSA) is 39.1 Å². The zero-order valence-corrected chi connectivity index (χ0v) is 15.0. The Morgan fingerprint density at radius 1 is 1.33 bits per heavy atom. The average molecular weight is 316 g/mol. The summed E-state index contributed by atoms with van der Waals surface area (Å²) in [6.07, 6.45) is 1.78. The minimum atomic E-state index is -0.204. The van der Waals surface area contributed by atoms with Crippen LogP contribution in [-0.2, 0) is 17.7 Å². The van der Waals surface area contributed by atoms with E-state index in [9.17, 15) is 0 Å². The Hall–Kier alpha value is -0.580. The summed E-state index contributed by atoms with van der Waals surface area (Å²) in [7, 11) is 0. The molecule has 2 atom stereocenters. The summed E-state index contributed by atoms with van der Waals surface area (Å²) >= 11 is 6.46. The molecule has 0 spiro atoms. The molecule has 0 amide bonds. The summed E-state index contributed by atoms with van der Waals surface area (Å²) in [5.74, 6) is 0. The third-order valence-corrected chi connectivity index (χ3v) is 4.71. The van der Waals surface area contributed by atoms with Gasteiger partial charge in [0.05, 0.1) is 22.0 Å². The first-order valence-corrected chi connectivity index (χ1v) is 8.40. The van der Waals surface area contributed by atoms with E-state index in [1.165, 1.54) is 0 Å². The first-order chi connectivity index (χ1) is 9.93. The Morgan fingerprint density at radius 2 is 2.00 bits per heavy atom. The molecular weight excluding hydrogens is 286 g/mol. The predicted molar refractivity (Wildman–Crippen MR) is 89.1 cm³/mol. The molecule has 4 nitrogen and oxygen atoms in total. The third-order valence-electron chi connectivity index (χ3n) is 4.21. The second kappa shape index (κ2) is 8.16. The molecule has 122 valence electrons. The molecule has 1 aromatic rings. The third kappa shape index (κ3) is 4.21. The van der Waals surface area contributed by atoms with Gasteiger partial charge in [-0.3, -0.25) is 4.68 Å². The van der Waals surface area contributed by atoms with Crippen molar-refractivity contribution in [2.75, 3.05) is 13.2 Å². The molecule has 1 rings (SSSR count). The lowest BCUT2D eigenvalue weighted by molar-refractivity contribution is -0.0550. The van der Waals surface area contributed by atoms with Gasteiger partial charge in [-0.15, -0.1) is 0 Å². The van der Waals surface area contributed by atoms with E-state index in [-0.39, 0.29) is 11.6 Å². The van der Waals surface area contributed by atoms with Gasteiger partial charge < -0.3 is 10.1 Å². The summed E-state index contributed by atoms with van der Waals surface area (Å²) in [5.41, 5.74) is 1.80. The van der Waals surface area contributed by atoms with Gasteiger partial charge in [0.2, 0.25) is 0 Å². The van der Waals surface area contributed by atoms with E-state index in [2.05, 4.69) is 38.1 Å². The van der Waals surface area contributed by atoms with Crippen molar-refractivity contribution >= 4 is 11.6 Å². The number of nitrogens with zero attached hydrogens (tertiary/aromatic N) is 2. The zero-order valence-electron chi connectivity index (χ0n) is 14.3. The molecule has 1 heterocycles. The summed E-state index contributed by atoms with van der Waals surface area (Å²) < 4.78 is 8.05. The maximum Gasteiger partial charge on any atom is 0.0847 e. The maximum absolute atomic E-state index is 6.46. The smallest absolute Gasteiger partial charge is 0.0847 e. The highest BCUT2D eigenvalue weighted by Gasteiger charge is 2.34. The molecule has 0 bridgehead atoms. The van der Waals surface area contributed by atoms with Crippen LogP contribution in [0.25, 0.3) is 0 Å². The maximum atomic E-state index is 6.46.